The van der Waals surface area contributed by atoms with E-state index in [-0.39, 0.29) is 16.8 Å². The number of carbonyl (C=O) groups is 1. The molecule has 26 heavy (non-hydrogen) atoms. The maximum Gasteiger partial charge on any atom is 0.260 e. The lowest BCUT2D eigenvalue weighted by molar-refractivity contribution is -0.128. The summed E-state index contributed by atoms with van der Waals surface area (Å²) in [5.41, 5.74) is -0.556. The van der Waals surface area contributed by atoms with E-state index >= 15 is 0 Å². The quantitative estimate of drug-likeness (QED) is 0.792. The van der Waals surface area contributed by atoms with E-state index in [4.69, 9.17) is 4.74 Å². The summed E-state index contributed by atoms with van der Waals surface area (Å²) >= 11 is 0. The lowest BCUT2D eigenvalue weighted by atomic mass is 9.95. The van der Waals surface area contributed by atoms with Gasteiger partial charge in [-0.3, -0.25) is 4.79 Å². The molecule has 1 aliphatic carbocycles. The fourth-order valence-electron chi connectivity index (χ4n) is 2.98. The third-order valence-electron chi connectivity index (χ3n) is 4.21. The van der Waals surface area contributed by atoms with Gasteiger partial charge in [0.05, 0.1) is 4.90 Å². The number of hydrogen-bond donors (Lipinski definition) is 2. The number of carbonyl (C=O) groups excluding carboxylic acids is 1. The molecule has 0 heterocycles. The molecule has 2 N–H and O–H groups in total. The van der Waals surface area contributed by atoms with Gasteiger partial charge < -0.3 is 10.1 Å². The molecule has 0 spiro atoms. The van der Waals surface area contributed by atoms with Gasteiger partial charge in [0.2, 0.25) is 10.0 Å². The first kappa shape index (κ1) is 20.7. The number of amides is 1. The van der Waals surface area contributed by atoms with Gasteiger partial charge in [0.1, 0.15) is 5.75 Å². The van der Waals surface area contributed by atoms with Crippen LogP contribution in [-0.4, -0.2) is 32.0 Å². The van der Waals surface area contributed by atoms with Crippen molar-refractivity contribution in [3.05, 3.63) is 24.3 Å². The molecule has 0 radical (unpaired) electrons. The van der Waals surface area contributed by atoms with Gasteiger partial charge in [0.25, 0.3) is 5.91 Å². The molecule has 0 unspecified atom stereocenters. The Hall–Kier alpha value is -1.60. The lowest BCUT2D eigenvalue weighted by Crippen LogP contribution is -2.43. The van der Waals surface area contributed by atoms with Crippen molar-refractivity contribution in [3.63, 3.8) is 0 Å². The molecule has 0 aromatic heterocycles. The van der Waals surface area contributed by atoms with E-state index in [0.29, 0.717) is 5.75 Å². The van der Waals surface area contributed by atoms with Crippen molar-refractivity contribution in [2.24, 2.45) is 0 Å². The van der Waals surface area contributed by atoms with Gasteiger partial charge in [-0.05, 0) is 64.8 Å². The number of sulfonamides is 1. The molecule has 146 valence electrons. The summed E-state index contributed by atoms with van der Waals surface area (Å²) in [6, 6.07) is 6.34. The van der Waals surface area contributed by atoms with Crippen LogP contribution in [0.15, 0.2) is 29.2 Å². The highest BCUT2D eigenvalue weighted by Gasteiger charge is 2.23. The second kappa shape index (κ2) is 8.39. The second-order valence-corrected chi connectivity index (χ2v) is 9.61. The zero-order chi connectivity index (χ0) is 19.4. The van der Waals surface area contributed by atoms with Crippen LogP contribution in [0, 0.1) is 0 Å². The Labute approximate surface area is 156 Å². The molecule has 2 rings (SSSR count). The Morgan fingerprint density at radius 2 is 1.69 bits per heavy atom. The van der Waals surface area contributed by atoms with Gasteiger partial charge in [-0.2, -0.15) is 0 Å². The minimum Gasteiger partial charge on any atom is -0.481 e. The maximum atomic E-state index is 12.3. The Kier molecular flexibility index (Phi) is 6.69. The van der Waals surface area contributed by atoms with Gasteiger partial charge in [0, 0.05) is 11.6 Å². The molecular formula is C19H30N2O4S. The fourth-order valence-corrected chi connectivity index (χ4v) is 4.40. The summed E-state index contributed by atoms with van der Waals surface area (Å²) in [5, 5.41) is 3.03. The zero-order valence-electron chi connectivity index (χ0n) is 16.0. The molecule has 1 aromatic rings. The molecule has 0 bridgehead atoms. The Bertz CT molecular complexity index is 702. The van der Waals surface area contributed by atoms with Crippen LogP contribution >= 0.6 is 0 Å². The topological polar surface area (TPSA) is 84.5 Å². The number of hydrogen-bond acceptors (Lipinski definition) is 4. The first-order chi connectivity index (χ1) is 12.1. The summed E-state index contributed by atoms with van der Waals surface area (Å²) in [5.74, 6) is 0.328. The molecule has 1 fully saturated rings. The highest BCUT2D eigenvalue weighted by atomic mass is 32.2. The largest absolute Gasteiger partial charge is 0.481 e. The fraction of sp³-hybridized carbons (Fsp3) is 0.632. The normalized spacial score (nSPS) is 17.5. The second-order valence-electron chi connectivity index (χ2n) is 7.93. The van der Waals surface area contributed by atoms with Crippen LogP contribution in [0.25, 0.3) is 0 Å². The van der Waals surface area contributed by atoms with Gasteiger partial charge >= 0.3 is 0 Å². The first-order valence-electron chi connectivity index (χ1n) is 9.18. The highest BCUT2D eigenvalue weighted by molar-refractivity contribution is 7.89. The predicted octanol–water partition coefficient (Wildman–Crippen LogP) is 2.98. The molecule has 0 aliphatic heterocycles. The number of rotatable bonds is 6. The third-order valence-corrected chi connectivity index (χ3v) is 5.98. The van der Waals surface area contributed by atoms with Crippen LogP contribution in [0.2, 0.25) is 0 Å². The van der Waals surface area contributed by atoms with Crippen molar-refractivity contribution in [2.45, 2.75) is 82.4 Å². The van der Waals surface area contributed by atoms with Crippen LogP contribution in [0.5, 0.6) is 5.75 Å². The Balaban J connectivity index is 1.94. The molecule has 6 nitrogen and oxygen atoms in total. The van der Waals surface area contributed by atoms with Crippen LogP contribution in [0.4, 0.5) is 0 Å². The monoisotopic (exact) mass is 382 g/mol. The van der Waals surface area contributed by atoms with Gasteiger partial charge in [-0.1, -0.05) is 19.3 Å². The van der Waals surface area contributed by atoms with Crippen LogP contribution < -0.4 is 14.8 Å². The molecule has 1 aromatic carbocycles. The summed E-state index contributed by atoms with van der Waals surface area (Å²) in [6.45, 7) is 7.06. The Morgan fingerprint density at radius 3 is 2.23 bits per heavy atom. The standard InChI is InChI=1S/C19H30N2O4S/c1-14(18(22)20-15-8-6-5-7-9-15)25-16-10-12-17(13-11-16)26(23,24)21-19(2,3)4/h10-15,21H,5-9H2,1-4H3,(H,20,22)/t14-/m1/s1. The van der Waals surface area contributed by atoms with Crippen LogP contribution in [0.3, 0.4) is 0 Å². The summed E-state index contributed by atoms with van der Waals surface area (Å²) in [6.07, 6.45) is 4.94. The van der Waals surface area contributed by atoms with Crippen LogP contribution in [-0.2, 0) is 14.8 Å². The lowest BCUT2D eigenvalue weighted by Gasteiger charge is -2.24. The summed E-state index contributed by atoms with van der Waals surface area (Å²) in [7, 11) is -3.58. The third kappa shape index (κ3) is 6.29. The van der Waals surface area contributed by atoms with E-state index in [1.165, 1.54) is 18.6 Å². The SMILES string of the molecule is C[C@@H](Oc1ccc(S(=O)(=O)NC(C)(C)C)cc1)C(=O)NC1CCCCC1. The van der Waals surface area contributed by atoms with E-state index < -0.39 is 21.7 Å². The molecule has 7 heteroatoms. The number of ether oxygens (including phenoxy) is 1. The first-order valence-corrected chi connectivity index (χ1v) is 10.7. The smallest absolute Gasteiger partial charge is 0.260 e. The van der Waals surface area contributed by atoms with Crippen LogP contribution in [0.1, 0.15) is 59.8 Å². The van der Waals surface area contributed by atoms with E-state index in [1.54, 1.807) is 39.8 Å². The maximum absolute atomic E-state index is 12.3. The average molecular weight is 383 g/mol. The zero-order valence-corrected chi connectivity index (χ0v) is 16.9. The summed E-state index contributed by atoms with van der Waals surface area (Å²) < 4.78 is 32.9. The minimum atomic E-state index is -3.58. The van der Waals surface area contributed by atoms with Crippen molar-refractivity contribution in [1.29, 1.82) is 0 Å². The highest BCUT2D eigenvalue weighted by Crippen LogP contribution is 2.20. The molecule has 1 atom stereocenters. The minimum absolute atomic E-state index is 0.136. The van der Waals surface area contributed by atoms with Gasteiger partial charge in [0.15, 0.2) is 6.10 Å². The molecular weight excluding hydrogens is 352 g/mol. The van der Waals surface area contributed by atoms with Gasteiger partial charge in [-0.15, -0.1) is 0 Å². The molecule has 1 saturated carbocycles. The molecule has 0 saturated heterocycles. The molecule has 1 aliphatic rings. The average Bonchev–Trinajstić information content (AvgIpc) is 2.54. The number of benzene rings is 1. The van der Waals surface area contributed by atoms with E-state index in [1.807, 2.05) is 0 Å². The van der Waals surface area contributed by atoms with Crippen molar-refractivity contribution < 1.29 is 17.9 Å². The van der Waals surface area contributed by atoms with E-state index in [2.05, 4.69) is 10.0 Å². The molecule has 1 amide bonds. The number of nitrogens with one attached hydrogen (secondary N) is 2. The van der Waals surface area contributed by atoms with Crippen molar-refractivity contribution in [3.8, 4) is 5.75 Å². The van der Waals surface area contributed by atoms with Crippen molar-refractivity contribution in [1.82, 2.24) is 10.0 Å². The van der Waals surface area contributed by atoms with Crippen molar-refractivity contribution >= 4 is 15.9 Å². The predicted molar refractivity (Wildman–Crippen MR) is 102 cm³/mol. The van der Waals surface area contributed by atoms with Crippen molar-refractivity contribution in [2.75, 3.05) is 0 Å². The van der Waals surface area contributed by atoms with E-state index in [0.717, 1.165) is 25.7 Å². The van der Waals surface area contributed by atoms with Gasteiger partial charge in [-0.25, -0.2) is 13.1 Å². The Morgan fingerprint density at radius 1 is 1.12 bits per heavy atom. The summed E-state index contributed by atoms with van der Waals surface area (Å²) in [4.78, 5) is 12.4. The van der Waals surface area contributed by atoms with E-state index in [9.17, 15) is 13.2 Å².